The van der Waals surface area contributed by atoms with E-state index in [4.69, 9.17) is 4.52 Å². The molecule has 1 aromatic heterocycles. The minimum Gasteiger partial charge on any atom is -0.360 e. The van der Waals surface area contributed by atoms with Crippen LogP contribution in [0.3, 0.4) is 0 Å². The van der Waals surface area contributed by atoms with Crippen molar-refractivity contribution in [2.45, 2.75) is 33.4 Å². The van der Waals surface area contributed by atoms with Gasteiger partial charge in [-0.2, -0.15) is 0 Å². The molecule has 1 fully saturated rings. The lowest BCUT2D eigenvalue weighted by atomic mass is 10.0. The van der Waals surface area contributed by atoms with Crippen LogP contribution in [0.5, 0.6) is 0 Å². The van der Waals surface area contributed by atoms with Crippen LogP contribution in [0.15, 0.2) is 34.9 Å². The van der Waals surface area contributed by atoms with Crippen LogP contribution in [-0.2, 0) is 6.54 Å². The largest absolute Gasteiger partial charge is 0.360 e. The molecule has 3 rings (SSSR count). The molecule has 134 valence electrons. The number of nitrogens with zero attached hydrogens (tertiary/aromatic N) is 3. The van der Waals surface area contributed by atoms with Crippen molar-refractivity contribution < 1.29 is 9.32 Å². The minimum atomic E-state index is 0.00361. The first-order valence-corrected chi connectivity index (χ1v) is 8.78. The van der Waals surface area contributed by atoms with Crippen LogP contribution >= 0.6 is 0 Å². The summed E-state index contributed by atoms with van der Waals surface area (Å²) in [5.41, 5.74) is 3.26. The van der Waals surface area contributed by atoms with Gasteiger partial charge in [-0.3, -0.25) is 4.90 Å². The SMILES string of the molecule is Cc1cc(CN2CCN(C(=O)NC(C)c3ccccc3C)CC2)on1. The van der Waals surface area contributed by atoms with Crippen molar-refractivity contribution in [3.05, 3.63) is 52.9 Å². The topological polar surface area (TPSA) is 61.6 Å². The van der Waals surface area contributed by atoms with E-state index in [1.165, 1.54) is 5.56 Å². The van der Waals surface area contributed by atoms with E-state index in [1.807, 2.05) is 36.9 Å². The lowest BCUT2D eigenvalue weighted by Gasteiger charge is -2.34. The first kappa shape index (κ1) is 17.5. The number of urea groups is 1. The summed E-state index contributed by atoms with van der Waals surface area (Å²) in [6.45, 7) is 9.89. The Morgan fingerprint density at radius 3 is 2.60 bits per heavy atom. The van der Waals surface area contributed by atoms with Crippen molar-refractivity contribution in [2.75, 3.05) is 26.2 Å². The number of aromatic nitrogens is 1. The summed E-state index contributed by atoms with van der Waals surface area (Å²) in [6.07, 6.45) is 0. The van der Waals surface area contributed by atoms with E-state index >= 15 is 0 Å². The molecule has 0 bridgehead atoms. The van der Waals surface area contributed by atoms with Crippen LogP contribution in [0.2, 0.25) is 0 Å². The predicted octanol–water partition coefficient (Wildman–Crippen LogP) is 2.88. The number of aryl methyl sites for hydroxylation is 2. The van der Waals surface area contributed by atoms with Crippen LogP contribution in [-0.4, -0.2) is 47.2 Å². The predicted molar refractivity (Wildman–Crippen MR) is 96.2 cm³/mol. The zero-order valence-corrected chi connectivity index (χ0v) is 15.2. The first-order valence-electron chi connectivity index (χ1n) is 8.78. The number of benzene rings is 1. The van der Waals surface area contributed by atoms with Gasteiger partial charge in [0.25, 0.3) is 0 Å². The molecule has 0 aliphatic carbocycles. The van der Waals surface area contributed by atoms with Gasteiger partial charge in [0, 0.05) is 32.2 Å². The fourth-order valence-electron chi connectivity index (χ4n) is 3.25. The van der Waals surface area contributed by atoms with Gasteiger partial charge in [0.05, 0.1) is 18.3 Å². The van der Waals surface area contributed by atoms with E-state index in [0.717, 1.165) is 49.7 Å². The highest BCUT2D eigenvalue weighted by molar-refractivity contribution is 5.74. The number of carbonyl (C=O) groups is 1. The van der Waals surface area contributed by atoms with Gasteiger partial charge in [0.15, 0.2) is 5.76 Å². The number of amides is 2. The Kier molecular flexibility index (Phi) is 5.38. The fraction of sp³-hybridized carbons (Fsp3) is 0.474. The van der Waals surface area contributed by atoms with Gasteiger partial charge in [-0.05, 0) is 31.9 Å². The van der Waals surface area contributed by atoms with E-state index in [-0.39, 0.29) is 12.1 Å². The summed E-state index contributed by atoms with van der Waals surface area (Å²) >= 11 is 0. The van der Waals surface area contributed by atoms with Gasteiger partial charge in [0.1, 0.15) is 0 Å². The fourth-order valence-corrected chi connectivity index (χ4v) is 3.25. The molecule has 1 unspecified atom stereocenters. The molecule has 0 spiro atoms. The number of hydrogen-bond donors (Lipinski definition) is 1. The van der Waals surface area contributed by atoms with Gasteiger partial charge < -0.3 is 14.7 Å². The normalized spacial score (nSPS) is 16.7. The molecule has 2 heterocycles. The van der Waals surface area contributed by atoms with Gasteiger partial charge >= 0.3 is 6.03 Å². The van der Waals surface area contributed by atoms with Crippen LogP contribution in [0.4, 0.5) is 4.79 Å². The molecule has 0 saturated carbocycles. The van der Waals surface area contributed by atoms with Crippen molar-refractivity contribution in [2.24, 2.45) is 0 Å². The molecular formula is C19H26N4O2. The average Bonchev–Trinajstić information content (AvgIpc) is 3.00. The highest BCUT2D eigenvalue weighted by Gasteiger charge is 2.23. The molecule has 1 saturated heterocycles. The summed E-state index contributed by atoms with van der Waals surface area (Å²) in [4.78, 5) is 16.7. The Hall–Kier alpha value is -2.34. The van der Waals surface area contributed by atoms with E-state index in [9.17, 15) is 4.79 Å². The molecule has 1 N–H and O–H groups in total. The number of piperazine rings is 1. The summed E-state index contributed by atoms with van der Waals surface area (Å²) < 4.78 is 5.27. The molecule has 2 aromatic rings. The van der Waals surface area contributed by atoms with Crippen LogP contribution in [0.1, 0.15) is 35.5 Å². The van der Waals surface area contributed by atoms with Crippen LogP contribution in [0.25, 0.3) is 0 Å². The smallest absolute Gasteiger partial charge is 0.317 e. The first-order chi connectivity index (χ1) is 12.0. The number of rotatable bonds is 4. The second-order valence-electron chi connectivity index (χ2n) is 6.73. The van der Waals surface area contributed by atoms with Crippen molar-refractivity contribution in [1.82, 2.24) is 20.3 Å². The van der Waals surface area contributed by atoms with E-state index in [2.05, 4.69) is 34.4 Å². The van der Waals surface area contributed by atoms with Crippen molar-refractivity contribution >= 4 is 6.03 Å². The summed E-state index contributed by atoms with van der Waals surface area (Å²) in [6, 6.07) is 10.1. The highest BCUT2D eigenvalue weighted by atomic mass is 16.5. The van der Waals surface area contributed by atoms with Gasteiger partial charge in [-0.15, -0.1) is 0 Å². The Labute approximate surface area is 148 Å². The Balaban J connectivity index is 1.49. The highest BCUT2D eigenvalue weighted by Crippen LogP contribution is 2.17. The maximum Gasteiger partial charge on any atom is 0.317 e. The van der Waals surface area contributed by atoms with E-state index in [1.54, 1.807) is 0 Å². The lowest BCUT2D eigenvalue weighted by molar-refractivity contribution is 0.126. The van der Waals surface area contributed by atoms with E-state index < -0.39 is 0 Å². The van der Waals surface area contributed by atoms with Crippen molar-refractivity contribution in [1.29, 1.82) is 0 Å². The molecule has 0 radical (unpaired) electrons. The number of hydrogen-bond acceptors (Lipinski definition) is 4. The molecule has 6 heteroatoms. The second kappa shape index (κ2) is 7.70. The maximum atomic E-state index is 12.5. The van der Waals surface area contributed by atoms with Crippen molar-refractivity contribution in [3.8, 4) is 0 Å². The molecular weight excluding hydrogens is 316 g/mol. The minimum absolute atomic E-state index is 0.00361. The number of nitrogens with one attached hydrogen (secondary N) is 1. The third-order valence-electron chi connectivity index (χ3n) is 4.71. The Bertz CT molecular complexity index is 720. The van der Waals surface area contributed by atoms with Gasteiger partial charge in [0.2, 0.25) is 0 Å². The van der Waals surface area contributed by atoms with Gasteiger partial charge in [-0.1, -0.05) is 29.4 Å². The second-order valence-corrected chi connectivity index (χ2v) is 6.73. The van der Waals surface area contributed by atoms with E-state index in [0.29, 0.717) is 0 Å². The molecule has 2 amide bonds. The summed E-state index contributed by atoms with van der Waals surface area (Å²) in [7, 11) is 0. The number of carbonyl (C=O) groups excluding carboxylic acids is 1. The average molecular weight is 342 g/mol. The van der Waals surface area contributed by atoms with Gasteiger partial charge in [-0.25, -0.2) is 4.79 Å². The van der Waals surface area contributed by atoms with Crippen molar-refractivity contribution in [3.63, 3.8) is 0 Å². The zero-order chi connectivity index (χ0) is 17.8. The monoisotopic (exact) mass is 342 g/mol. The van der Waals surface area contributed by atoms with Crippen LogP contribution in [0, 0.1) is 13.8 Å². The molecule has 1 aliphatic heterocycles. The Morgan fingerprint density at radius 1 is 1.24 bits per heavy atom. The lowest BCUT2D eigenvalue weighted by Crippen LogP contribution is -2.51. The quantitative estimate of drug-likeness (QED) is 0.928. The third kappa shape index (κ3) is 4.39. The molecule has 1 aliphatic rings. The molecule has 6 nitrogen and oxygen atoms in total. The third-order valence-corrected chi connectivity index (χ3v) is 4.71. The summed E-state index contributed by atoms with van der Waals surface area (Å²) in [5, 5.41) is 7.03. The molecule has 25 heavy (non-hydrogen) atoms. The summed E-state index contributed by atoms with van der Waals surface area (Å²) in [5.74, 6) is 0.878. The standard InChI is InChI=1S/C19H26N4O2/c1-14-6-4-5-7-18(14)16(3)20-19(24)23-10-8-22(9-11-23)13-17-12-15(2)21-25-17/h4-7,12,16H,8-11,13H2,1-3H3,(H,20,24). The van der Waals surface area contributed by atoms with Crippen LogP contribution < -0.4 is 5.32 Å². The molecule has 1 atom stereocenters. The Morgan fingerprint density at radius 2 is 1.96 bits per heavy atom. The molecule has 1 aromatic carbocycles. The maximum absolute atomic E-state index is 12.5. The zero-order valence-electron chi connectivity index (χ0n) is 15.2.